The molecule has 0 aliphatic carbocycles. The minimum atomic E-state index is -0.0376. The normalized spacial score (nSPS) is 14.8. The molecule has 1 aliphatic heterocycles. The van der Waals surface area contributed by atoms with E-state index in [0.29, 0.717) is 10.8 Å². The topological polar surface area (TPSA) is 50.3 Å². The zero-order valence-corrected chi connectivity index (χ0v) is 16.7. The van der Waals surface area contributed by atoms with Gasteiger partial charge in [0.05, 0.1) is 18.2 Å². The molecule has 0 unspecified atom stereocenters. The molecule has 5 nitrogen and oxygen atoms in total. The van der Waals surface area contributed by atoms with Crippen LogP contribution in [-0.4, -0.2) is 34.1 Å². The molecule has 3 aromatic rings. The summed E-state index contributed by atoms with van der Waals surface area (Å²) in [5, 5.41) is 0.790. The van der Waals surface area contributed by atoms with Crippen LogP contribution in [-0.2, 0) is 13.0 Å². The van der Waals surface area contributed by atoms with Crippen molar-refractivity contribution in [2.45, 2.75) is 32.9 Å². The largest absolute Gasteiger partial charge is 0.497 e. The number of nitrogens with one attached hydrogen (secondary N) is 1. The second-order valence-electron chi connectivity index (χ2n) is 6.79. The number of aromatic amines is 1. The molecule has 0 radical (unpaired) electrons. The molecule has 136 valence electrons. The predicted octanol–water partition coefficient (Wildman–Crippen LogP) is 3.88. The van der Waals surface area contributed by atoms with Crippen LogP contribution in [0.2, 0.25) is 0 Å². The van der Waals surface area contributed by atoms with Gasteiger partial charge in [-0.25, -0.2) is 0 Å². The fourth-order valence-corrected chi connectivity index (χ4v) is 5.12. The predicted molar refractivity (Wildman–Crippen MR) is 108 cm³/mol. The van der Waals surface area contributed by atoms with Gasteiger partial charge in [0.1, 0.15) is 10.6 Å². The van der Waals surface area contributed by atoms with Crippen molar-refractivity contribution >= 4 is 33.8 Å². The smallest absolute Gasteiger partial charge is 0.267 e. The van der Waals surface area contributed by atoms with Crippen molar-refractivity contribution in [1.82, 2.24) is 14.5 Å². The molecule has 0 bridgehead atoms. The highest BCUT2D eigenvalue weighted by Gasteiger charge is 2.25. The van der Waals surface area contributed by atoms with E-state index in [2.05, 4.69) is 23.7 Å². The maximum Gasteiger partial charge on any atom is 0.267 e. The molecule has 0 fully saturated rings. The Balaban J connectivity index is 1.89. The lowest BCUT2D eigenvalue weighted by Gasteiger charge is -2.30. The molecule has 0 saturated carbocycles. The number of rotatable bonds is 3. The van der Waals surface area contributed by atoms with Crippen molar-refractivity contribution in [1.29, 1.82) is 0 Å². The van der Waals surface area contributed by atoms with E-state index >= 15 is 0 Å². The third-order valence-electron chi connectivity index (χ3n) is 4.99. The Morgan fingerprint density at radius 2 is 2.00 bits per heavy atom. The van der Waals surface area contributed by atoms with Crippen LogP contribution >= 0.6 is 23.6 Å². The number of ether oxygens (including phenoxy) is 1. The average Bonchev–Trinajstić information content (AvgIpc) is 2.99. The number of hydrogen-bond acceptors (Lipinski definition) is 5. The summed E-state index contributed by atoms with van der Waals surface area (Å²) in [6.07, 6.45) is 0.899. The molecule has 1 aliphatic rings. The first-order valence-electron chi connectivity index (χ1n) is 8.67. The third-order valence-corrected chi connectivity index (χ3v) is 6.40. The summed E-state index contributed by atoms with van der Waals surface area (Å²) in [6, 6.07) is 7.89. The van der Waals surface area contributed by atoms with Crippen LogP contribution in [0.1, 0.15) is 24.3 Å². The summed E-state index contributed by atoms with van der Waals surface area (Å²) in [4.78, 5) is 21.2. The first-order valence-corrected chi connectivity index (χ1v) is 9.90. The molecule has 26 heavy (non-hydrogen) atoms. The van der Waals surface area contributed by atoms with Gasteiger partial charge in [0, 0.05) is 24.0 Å². The number of benzene rings is 1. The number of thiophene rings is 1. The maximum atomic E-state index is 13.3. The third kappa shape index (κ3) is 2.80. The van der Waals surface area contributed by atoms with Gasteiger partial charge in [0.15, 0.2) is 4.77 Å². The summed E-state index contributed by atoms with van der Waals surface area (Å²) in [5.41, 5.74) is 1.89. The second kappa shape index (κ2) is 6.64. The van der Waals surface area contributed by atoms with Gasteiger partial charge >= 0.3 is 0 Å². The highest BCUT2D eigenvalue weighted by atomic mass is 32.1. The summed E-state index contributed by atoms with van der Waals surface area (Å²) >= 11 is 7.15. The summed E-state index contributed by atoms with van der Waals surface area (Å²) < 4.78 is 7.21. The molecular weight excluding hydrogens is 366 g/mol. The Morgan fingerprint density at radius 3 is 2.65 bits per heavy atom. The highest BCUT2D eigenvalue weighted by molar-refractivity contribution is 7.71. The highest BCUT2D eigenvalue weighted by Crippen LogP contribution is 2.33. The maximum absolute atomic E-state index is 13.3. The van der Waals surface area contributed by atoms with Crippen LogP contribution in [0.5, 0.6) is 5.75 Å². The Labute approximate surface area is 160 Å². The first-order chi connectivity index (χ1) is 12.5. The quantitative estimate of drug-likeness (QED) is 0.693. The molecule has 4 rings (SSSR count). The number of aromatic nitrogens is 2. The van der Waals surface area contributed by atoms with Crippen molar-refractivity contribution in [3.63, 3.8) is 0 Å². The molecule has 2 aromatic heterocycles. The number of methoxy groups -OCH3 is 1. The molecule has 3 heterocycles. The minimum Gasteiger partial charge on any atom is -0.497 e. The Hall–Kier alpha value is -1.96. The monoisotopic (exact) mass is 387 g/mol. The van der Waals surface area contributed by atoms with Crippen LogP contribution in [0, 0.1) is 4.77 Å². The van der Waals surface area contributed by atoms with E-state index < -0.39 is 0 Å². The molecule has 7 heteroatoms. The lowest BCUT2D eigenvalue weighted by atomic mass is 10.0. The number of hydrogen-bond donors (Lipinski definition) is 1. The van der Waals surface area contributed by atoms with Crippen molar-refractivity contribution in [3.05, 3.63) is 49.8 Å². The lowest BCUT2D eigenvalue weighted by molar-refractivity contribution is 0.206. The fraction of sp³-hybridized carbons (Fsp3) is 0.368. The Kier molecular flexibility index (Phi) is 4.46. The van der Waals surface area contributed by atoms with Gasteiger partial charge < -0.3 is 9.72 Å². The summed E-state index contributed by atoms with van der Waals surface area (Å²) in [5.74, 6) is 0.750. The van der Waals surface area contributed by atoms with E-state index in [0.717, 1.165) is 41.2 Å². The van der Waals surface area contributed by atoms with Crippen LogP contribution in [0.4, 0.5) is 0 Å². The molecule has 0 spiro atoms. The van der Waals surface area contributed by atoms with Crippen LogP contribution in [0.25, 0.3) is 15.9 Å². The zero-order valence-electron chi connectivity index (χ0n) is 15.0. The van der Waals surface area contributed by atoms with Gasteiger partial charge in [-0.3, -0.25) is 14.3 Å². The van der Waals surface area contributed by atoms with Crippen LogP contribution in [0.3, 0.4) is 0 Å². The van der Waals surface area contributed by atoms with Crippen molar-refractivity contribution in [2.75, 3.05) is 13.7 Å². The van der Waals surface area contributed by atoms with Crippen LogP contribution < -0.4 is 10.3 Å². The minimum absolute atomic E-state index is 0.0376. The molecular formula is C19H21N3O2S2. The number of nitrogens with zero attached hydrogens (tertiary/aromatic N) is 2. The SMILES string of the molecule is COc1ccc(-n2c(=S)[nH]c3sc4c(c3c2=O)CCN(C(C)C)C4)cc1. The fourth-order valence-electron chi connectivity index (χ4n) is 3.50. The number of H-pyrrole nitrogens is 1. The van der Waals surface area contributed by atoms with E-state index in [1.54, 1.807) is 23.0 Å². The van der Waals surface area contributed by atoms with Gasteiger partial charge in [-0.05, 0) is 62.3 Å². The van der Waals surface area contributed by atoms with Gasteiger partial charge in [0.25, 0.3) is 5.56 Å². The summed E-state index contributed by atoms with van der Waals surface area (Å²) in [6.45, 7) is 6.30. The van der Waals surface area contributed by atoms with Crippen molar-refractivity contribution in [2.24, 2.45) is 0 Å². The average molecular weight is 388 g/mol. The van der Waals surface area contributed by atoms with E-state index in [1.165, 1.54) is 10.4 Å². The second-order valence-corrected chi connectivity index (χ2v) is 8.28. The summed E-state index contributed by atoms with van der Waals surface area (Å²) in [7, 11) is 1.62. The number of fused-ring (bicyclic) bond motifs is 3. The van der Waals surface area contributed by atoms with E-state index in [9.17, 15) is 4.79 Å². The van der Waals surface area contributed by atoms with Crippen molar-refractivity contribution in [3.8, 4) is 11.4 Å². The van der Waals surface area contributed by atoms with Gasteiger partial charge in [-0.2, -0.15) is 0 Å². The molecule has 0 amide bonds. The van der Waals surface area contributed by atoms with Crippen molar-refractivity contribution < 1.29 is 4.74 Å². The van der Waals surface area contributed by atoms with Gasteiger partial charge in [-0.1, -0.05) is 0 Å². The lowest BCUT2D eigenvalue weighted by Crippen LogP contribution is -2.35. The molecule has 0 atom stereocenters. The van der Waals surface area contributed by atoms with E-state index in [1.807, 2.05) is 24.3 Å². The zero-order chi connectivity index (χ0) is 18.4. The molecule has 1 aromatic carbocycles. The molecule has 0 saturated heterocycles. The van der Waals surface area contributed by atoms with Crippen LogP contribution in [0.15, 0.2) is 29.1 Å². The molecule has 1 N–H and O–H groups in total. The van der Waals surface area contributed by atoms with E-state index in [-0.39, 0.29) is 5.56 Å². The first kappa shape index (κ1) is 17.5. The standard InChI is InChI=1S/C19H21N3O2S2/c1-11(2)21-9-8-14-15(10-21)26-17-16(14)18(23)22(19(25)20-17)12-4-6-13(24-3)7-5-12/h4-7,11H,8-10H2,1-3H3,(H,20,25). The Morgan fingerprint density at radius 1 is 1.27 bits per heavy atom. The Bertz CT molecular complexity index is 1080. The van der Waals surface area contributed by atoms with Gasteiger partial charge in [0.2, 0.25) is 0 Å². The van der Waals surface area contributed by atoms with Gasteiger partial charge in [-0.15, -0.1) is 11.3 Å². The van der Waals surface area contributed by atoms with E-state index in [4.69, 9.17) is 17.0 Å².